The van der Waals surface area contributed by atoms with Gasteiger partial charge in [0.15, 0.2) is 11.5 Å². The van der Waals surface area contributed by atoms with Crippen LogP contribution in [0.5, 0.6) is 11.5 Å². The lowest BCUT2D eigenvalue weighted by Crippen LogP contribution is -1.80. The van der Waals surface area contributed by atoms with Crippen molar-refractivity contribution >= 4 is 15.9 Å². The number of phenols is 1. The molecular formula is C14H15BrO2. The van der Waals surface area contributed by atoms with Crippen LogP contribution in [0, 0.1) is 0 Å². The van der Waals surface area contributed by atoms with Gasteiger partial charge in [-0.25, -0.2) is 0 Å². The minimum absolute atomic E-state index is 0.181. The Hall–Kier alpha value is -1.48. The smallest absolute Gasteiger partial charge is 0.160 e. The van der Waals surface area contributed by atoms with E-state index < -0.39 is 0 Å². The van der Waals surface area contributed by atoms with E-state index in [2.05, 4.69) is 28.1 Å². The fraction of sp³-hybridized carbons (Fsp3) is 0.143. The number of halogens is 1. The summed E-state index contributed by atoms with van der Waals surface area (Å²) in [6.07, 6.45) is 0. The standard InChI is InChI=1S/C7H7Br.C7H8O2/c8-6-7-4-2-1-3-5-7;1-9-7-5-3-2-4-6(7)8/h1-5H,6H2;2-5,8H,1H3. The van der Waals surface area contributed by atoms with Gasteiger partial charge in [-0.2, -0.15) is 0 Å². The van der Waals surface area contributed by atoms with Gasteiger partial charge in [0.05, 0.1) is 7.11 Å². The maximum Gasteiger partial charge on any atom is 0.160 e. The molecule has 2 aromatic carbocycles. The van der Waals surface area contributed by atoms with Crippen molar-refractivity contribution < 1.29 is 9.84 Å². The number of aromatic hydroxyl groups is 1. The van der Waals surface area contributed by atoms with Crippen molar-refractivity contribution in [2.75, 3.05) is 7.11 Å². The van der Waals surface area contributed by atoms with E-state index in [1.165, 1.54) is 12.7 Å². The number of rotatable bonds is 2. The Bertz CT molecular complexity index is 429. The van der Waals surface area contributed by atoms with Gasteiger partial charge in [0.1, 0.15) is 0 Å². The molecule has 0 aliphatic rings. The van der Waals surface area contributed by atoms with Crippen LogP contribution in [0.2, 0.25) is 0 Å². The Balaban J connectivity index is 0.000000171. The number of methoxy groups -OCH3 is 1. The highest BCUT2D eigenvalue weighted by molar-refractivity contribution is 9.08. The molecule has 0 aliphatic carbocycles. The molecule has 17 heavy (non-hydrogen) atoms. The highest BCUT2D eigenvalue weighted by Crippen LogP contribution is 2.22. The second-order valence-corrected chi connectivity index (χ2v) is 3.85. The molecule has 3 heteroatoms. The van der Waals surface area contributed by atoms with Gasteiger partial charge < -0.3 is 9.84 Å². The van der Waals surface area contributed by atoms with Crippen molar-refractivity contribution in [2.24, 2.45) is 0 Å². The van der Waals surface area contributed by atoms with Gasteiger partial charge in [0.2, 0.25) is 0 Å². The van der Waals surface area contributed by atoms with Gasteiger partial charge in [-0.3, -0.25) is 0 Å². The lowest BCUT2D eigenvalue weighted by molar-refractivity contribution is 0.373. The molecule has 0 saturated carbocycles. The Morgan fingerprint density at radius 1 is 1.00 bits per heavy atom. The summed E-state index contributed by atoms with van der Waals surface area (Å²) in [4.78, 5) is 0. The zero-order valence-electron chi connectivity index (χ0n) is 9.64. The minimum Gasteiger partial charge on any atom is -0.504 e. The SMILES string of the molecule is BrCc1ccccc1.COc1ccccc1O. The third kappa shape index (κ3) is 4.91. The molecule has 0 amide bonds. The summed E-state index contributed by atoms with van der Waals surface area (Å²) in [5, 5.41) is 9.94. The third-order valence-electron chi connectivity index (χ3n) is 2.08. The Morgan fingerprint density at radius 2 is 1.59 bits per heavy atom. The molecule has 0 bridgehead atoms. The van der Waals surface area contributed by atoms with E-state index in [1.807, 2.05) is 18.2 Å². The van der Waals surface area contributed by atoms with E-state index in [4.69, 9.17) is 9.84 Å². The Morgan fingerprint density at radius 3 is 2.00 bits per heavy atom. The number of ether oxygens (including phenoxy) is 1. The van der Waals surface area contributed by atoms with Gasteiger partial charge in [-0.05, 0) is 17.7 Å². The van der Waals surface area contributed by atoms with E-state index in [9.17, 15) is 0 Å². The van der Waals surface area contributed by atoms with Crippen molar-refractivity contribution in [2.45, 2.75) is 5.33 Å². The summed E-state index contributed by atoms with van der Waals surface area (Å²) in [5.41, 5.74) is 1.33. The molecule has 0 unspecified atom stereocenters. The van der Waals surface area contributed by atoms with Crippen LogP contribution < -0.4 is 4.74 Å². The van der Waals surface area contributed by atoms with Crippen LogP contribution in [0.4, 0.5) is 0 Å². The van der Waals surface area contributed by atoms with Gasteiger partial charge in [0, 0.05) is 5.33 Å². The number of phenolic OH excluding ortho intramolecular Hbond substituents is 1. The first-order chi connectivity index (χ1) is 8.27. The fourth-order valence-electron chi connectivity index (χ4n) is 1.20. The molecule has 0 fully saturated rings. The number of benzene rings is 2. The molecule has 0 spiro atoms. The lowest BCUT2D eigenvalue weighted by Gasteiger charge is -1.99. The molecule has 1 N–H and O–H groups in total. The average molecular weight is 295 g/mol. The second-order valence-electron chi connectivity index (χ2n) is 3.29. The van der Waals surface area contributed by atoms with Crippen LogP contribution in [-0.2, 0) is 5.33 Å². The Labute approximate surface area is 110 Å². The van der Waals surface area contributed by atoms with Gasteiger partial charge >= 0.3 is 0 Å². The van der Waals surface area contributed by atoms with Crippen molar-refractivity contribution in [1.29, 1.82) is 0 Å². The van der Waals surface area contributed by atoms with Crippen molar-refractivity contribution in [1.82, 2.24) is 0 Å². The number of alkyl halides is 1. The van der Waals surface area contributed by atoms with Crippen LogP contribution in [0.1, 0.15) is 5.56 Å². The first-order valence-corrected chi connectivity index (χ1v) is 6.32. The quantitative estimate of drug-likeness (QED) is 0.849. The number of hydrogen-bond acceptors (Lipinski definition) is 2. The van der Waals surface area contributed by atoms with Crippen molar-refractivity contribution in [3.63, 3.8) is 0 Å². The second kappa shape index (κ2) is 7.74. The van der Waals surface area contributed by atoms with E-state index in [0.717, 1.165) is 5.33 Å². The molecule has 0 saturated heterocycles. The fourth-order valence-corrected chi connectivity index (χ4v) is 1.57. The predicted molar refractivity (Wildman–Crippen MR) is 73.7 cm³/mol. The zero-order chi connectivity index (χ0) is 12.5. The molecule has 2 nitrogen and oxygen atoms in total. The summed E-state index contributed by atoms with van der Waals surface area (Å²) >= 11 is 3.36. The maximum atomic E-state index is 8.99. The summed E-state index contributed by atoms with van der Waals surface area (Å²) in [6.45, 7) is 0. The summed E-state index contributed by atoms with van der Waals surface area (Å²) < 4.78 is 4.79. The molecule has 0 aliphatic heterocycles. The van der Waals surface area contributed by atoms with Crippen molar-refractivity contribution in [3.8, 4) is 11.5 Å². The average Bonchev–Trinajstić information content (AvgIpc) is 2.41. The molecule has 2 rings (SSSR count). The Kier molecular flexibility index (Phi) is 6.18. The van der Waals surface area contributed by atoms with E-state index in [-0.39, 0.29) is 5.75 Å². The van der Waals surface area contributed by atoms with Crippen LogP contribution in [0.3, 0.4) is 0 Å². The van der Waals surface area contributed by atoms with Crippen LogP contribution >= 0.6 is 15.9 Å². The number of para-hydroxylation sites is 2. The first-order valence-electron chi connectivity index (χ1n) is 5.19. The van der Waals surface area contributed by atoms with Gasteiger partial charge in [-0.15, -0.1) is 0 Å². The number of hydrogen-bond donors (Lipinski definition) is 1. The molecule has 0 atom stereocenters. The van der Waals surface area contributed by atoms with Gasteiger partial charge in [-0.1, -0.05) is 58.4 Å². The van der Waals surface area contributed by atoms with Crippen LogP contribution in [0.15, 0.2) is 54.6 Å². The van der Waals surface area contributed by atoms with Crippen LogP contribution in [0.25, 0.3) is 0 Å². The van der Waals surface area contributed by atoms with Gasteiger partial charge in [0.25, 0.3) is 0 Å². The molecule has 2 aromatic rings. The maximum absolute atomic E-state index is 8.99. The normalized spacial score (nSPS) is 9.06. The third-order valence-corrected chi connectivity index (χ3v) is 2.73. The lowest BCUT2D eigenvalue weighted by atomic mass is 10.2. The molecule has 0 radical (unpaired) electrons. The summed E-state index contributed by atoms with van der Waals surface area (Å²) in [6, 6.07) is 17.1. The summed E-state index contributed by atoms with van der Waals surface area (Å²) in [7, 11) is 1.52. The largest absolute Gasteiger partial charge is 0.504 e. The van der Waals surface area contributed by atoms with Crippen molar-refractivity contribution in [3.05, 3.63) is 60.2 Å². The molecule has 90 valence electrons. The monoisotopic (exact) mass is 294 g/mol. The topological polar surface area (TPSA) is 29.5 Å². The minimum atomic E-state index is 0.181. The highest BCUT2D eigenvalue weighted by Gasteiger charge is 1.94. The van der Waals surface area contributed by atoms with E-state index in [0.29, 0.717) is 5.75 Å². The zero-order valence-corrected chi connectivity index (χ0v) is 11.2. The molecule has 0 aromatic heterocycles. The predicted octanol–water partition coefficient (Wildman–Crippen LogP) is 3.98. The first kappa shape index (κ1) is 13.6. The molecule has 0 heterocycles. The summed E-state index contributed by atoms with van der Waals surface area (Å²) in [5.74, 6) is 0.692. The molecular weight excluding hydrogens is 280 g/mol. The highest BCUT2D eigenvalue weighted by atomic mass is 79.9. The van der Waals surface area contributed by atoms with E-state index >= 15 is 0 Å². The van der Waals surface area contributed by atoms with Crippen LogP contribution in [-0.4, -0.2) is 12.2 Å². The van der Waals surface area contributed by atoms with E-state index in [1.54, 1.807) is 24.3 Å².